The van der Waals surface area contributed by atoms with Crippen LogP contribution < -0.4 is 11.1 Å². The molecule has 32 heavy (non-hydrogen) atoms. The lowest BCUT2D eigenvalue weighted by Gasteiger charge is -2.30. The predicted molar refractivity (Wildman–Crippen MR) is 130 cm³/mol. The summed E-state index contributed by atoms with van der Waals surface area (Å²) >= 11 is 1.50. The summed E-state index contributed by atoms with van der Waals surface area (Å²) in [4.78, 5) is 12.9. The summed E-state index contributed by atoms with van der Waals surface area (Å²) in [6, 6.07) is 18.5. The number of benzene rings is 2. The van der Waals surface area contributed by atoms with Crippen molar-refractivity contribution in [1.82, 2.24) is 9.88 Å². The van der Waals surface area contributed by atoms with Crippen molar-refractivity contribution in [3.63, 3.8) is 0 Å². The van der Waals surface area contributed by atoms with Crippen LogP contribution in [0, 0.1) is 11.3 Å². The summed E-state index contributed by atoms with van der Waals surface area (Å²) in [6.07, 6.45) is 4.92. The molecule has 4 aromatic rings. The zero-order chi connectivity index (χ0) is 22.3. The molecule has 2 aromatic carbocycles. The molecule has 5 nitrogen and oxygen atoms in total. The minimum Gasteiger partial charge on any atom is -0.365 e. The van der Waals surface area contributed by atoms with E-state index in [2.05, 4.69) is 41.2 Å². The maximum absolute atomic E-state index is 12.2. The van der Waals surface area contributed by atoms with Crippen LogP contribution in [0.15, 0.2) is 48.5 Å². The number of nitrogens with one attached hydrogen (secondary N) is 1. The number of rotatable bonds is 6. The number of nitrogens with zero attached hydrogens (tertiary/aromatic N) is 2. The summed E-state index contributed by atoms with van der Waals surface area (Å²) in [5.74, 6) is -0.337. The first-order chi connectivity index (χ1) is 15.5. The number of fused-ring (bicyclic) bond motifs is 2. The van der Waals surface area contributed by atoms with E-state index in [4.69, 9.17) is 5.73 Å². The zero-order valence-electron chi connectivity index (χ0n) is 18.1. The van der Waals surface area contributed by atoms with Crippen LogP contribution in [0.2, 0.25) is 0 Å². The van der Waals surface area contributed by atoms with Crippen molar-refractivity contribution >= 4 is 38.2 Å². The van der Waals surface area contributed by atoms with Gasteiger partial charge >= 0.3 is 0 Å². The molecule has 0 radical (unpaired) electrons. The Kier molecular flexibility index (Phi) is 5.24. The molecule has 1 fully saturated rings. The van der Waals surface area contributed by atoms with Crippen molar-refractivity contribution < 1.29 is 4.79 Å². The molecule has 0 spiro atoms. The van der Waals surface area contributed by atoms with Crippen LogP contribution in [-0.4, -0.2) is 22.6 Å². The number of hydrogen-bond acceptors (Lipinski definition) is 4. The number of thiophene rings is 1. The third kappa shape index (κ3) is 3.58. The second-order valence-corrected chi connectivity index (χ2v) is 9.89. The van der Waals surface area contributed by atoms with Gasteiger partial charge in [0, 0.05) is 28.5 Å². The summed E-state index contributed by atoms with van der Waals surface area (Å²) in [5.41, 5.74) is 9.84. The highest BCUT2D eigenvalue weighted by atomic mass is 32.1. The third-order valence-electron chi connectivity index (χ3n) is 6.90. The first-order valence-electron chi connectivity index (χ1n) is 11.0. The van der Waals surface area contributed by atoms with Gasteiger partial charge in [0.05, 0.1) is 16.5 Å². The molecular formula is C26H26N4OS. The maximum atomic E-state index is 12.2. The zero-order valence-corrected chi connectivity index (χ0v) is 19.0. The molecule has 0 unspecified atom stereocenters. The number of hydrogen-bond donors (Lipinski definition) is 2. The average Bonchev–Trinajstić information content (AvgIpc) is 3.49. The first kappa shape index (κ1) is 20.7. The lowest BCUT2D eigenvalue weighted by molar-refractivity contribution is 0.100. The van der Waals surface area contributed by atoms with E-state index in [0.717, 1.165) is 65.2 Å². The topological polar surface area (TPSA) is 83.8 Å². The summed E-state index contributed by atoms with van der Waals surface area (Å²) in [6.45, 7) is 0.995. The molecule has 2 aromatic heterocycles. The van der Waals surface area contributed by atoms with Crippen LogP contribution in [0.25, 0.3) is 21.0 Å². The van der Waals surface area contributed by atoms with Gasteiger partial charge in [-0.3, -0.25) is 4.79 Å². The van der Waals surface area contributed by atoms with Crippen molar-refractivity contribution in [2.24, 2.45) is 12.8 Å². The number of primary amides is 1. The van der Waals surface area contributed by atoms with E-state index in [1.165, 1.54) is 17.0 Å². The van der Waals surface area contributed by atoms with Crippen molar-refractivity contribution in [2.75, 3.05) is 6.54 Å². The molecular weight excluding hydrogens is 416 g/mol. The Morgan fingerprint density at radius 2 is 2.12 bits per heavy atom. The van der Waals surface area contributed by atoms with Crippen molar-refractivity contribution in [1.29, 1.82) is 5.26 Å². The molecule has 1 amide bonds. The second-order valence-electron chi connectivity index (χ2n) is 8.84. The highest BCUT2D eigenvalue weighted by Gasteiger charge is 2.35. The summed E-state index contributed by atoms with van der Waals surface area (Å²) in [5, 5.41) is 15.3. The molecule has 3 N–H and O–H groups in total. The van der Waals surface area contributed by atoms with Gasteiger partial charge in [-0.15, -0.1) is 11.3 Å². The maximum Gasteiger partial charge on any atom is 0.259 e. The van der Waals surface area contributed by atoms with Crippen LogP contribution in [0.4, 0.5) is 0 Å². The van der Waals surface area contributed by atoms with Crippen molar-refractivity contribution in [3.05, 3.63) is 70.2 Å². The van der Waals surface area contributed by atoms with E-state index in [-0.39, 0.29) is 11.4 Å². The lowest BCUT2D eigenvalue weighted by atomic mass is 9.83. The predicted octanol–water partition coefficient (Wildman–Crippen LogP) is 4.66. The third-order valence-corrected chi connectivity index (χ3v) is 8.13. The number of aryl methyl sites for hydroxylation is 2. The van der Waals surface area contributed by atoms with Gasteiger partial charge in [-0.1, -0.05) is 24.3 Å². The van der Waals surface area contributed by atoms with E-state index in [0.29, 0.717) is 10.4 Å². The van der Waals surface area contributed by atoms with Crippen LogP contribution >= 0.6 is 11.3 Å². The Balaban J connectivity index is 1.46. The largest absolute Gasteiger partial charge is 0.365 e. The Bertz CT molecular complexity index is 1370. The molecule has 0 bridgehead atoms. The van der Waals surface area contributed by atoms with E-state index < -0.39 is 0 Å². The molecule has 1 saturated heterocycles. The van der Waals surface area contributed by atoms with Crippen LogP contribution in [0.1, 0.15) is 45.8 Å². The molecule has 162 valence electrons. The van der Waals surface area contributed by atoms with Crippen molar-refractivity contribution in [2.45, 2.75) is 37.6 Å². The molecule has 3 heterocycles. The van der Waals surface area contributed by atoms with E-state index in [1.54, 1.807) is 0 Å². The standard InChI is InChI=1S/C26H26N4OS/c1-30-19(14-18-8-7-17(16-27)13-22(18)30)9-11-26(10-4-12-29-26)15-21-20-5-2-3-6-23(20)32-24(21)25(28)31/h2-3,5-8,13-14,29H,4,9-12,15H2,1H3,(H2,28,31)/t26-/m0/s1. The fourth-order valence-corrected chi connectivity index (χ4v) is 6.27. The fourth-order valence-electron chi connectivity index (χ4n) is 5.20. The van der Waals surface area contributed by atoms with Gasteiger partial charge in [-0.05, 0) is 79.3 Å². The average molecular weight is 443 g/mol. The first-order valence-corrected chi connectivity index (χ1v) is 11.8. The molecule has 0 saturated carbocycles. The normalized spacial score (nSPS) is 18.4. The molecule has 1 aliphatic heterocycles. The fraction of sp³-hybridized carbons (Fsp3) is 0.308. The Morgan fingerprint density at radius 3 is 2.88 bits per heavy atom. The van der Waals surface area contributed by atoms with Gasteiger partial charge in [-0.25, -0.2) is 0 Å². The number of carbonyl (C=O) groups excluding carboxylic acids is 1. The van der Waals surface area contributed by atoms with Crippen LogP contribution in [-0.2, 0) is 19.9 Å². The summed E-state index contributed by atoms with van der Waals surface area (Å²) in [7, 11) is 2.07. The summed E-state index contributed by atoms with van der Waals surface area (Å²) < 4.78 is 3.32. The number of nitriles is 1. The second kappa shape index (κ2) is 8.09. The number of aromatic nitrogens is 1. The molecule has 0 aliphatic carbocycles. The Labute approximate surface area is 191 Å². The van der Waals surface area contributed by atoms with E-state index in [1.807, 2.05) is 30.3 Å². The van der Waals surface area contributed by atoms with Gasteiger partial charge in [0.15, 0.2) is 0 Å². The van der Waals surface area contributed by atoms with E-state index >= 15 is 0 Å². The smallest absolute Gasteiger partial charge is 0.259 e. The molecule has 1 aliphatic rings. The SMILES string of the molecule is Cn1c(CC[C@]2(Cc3c(C(N)=O)sc4ccccc34)CCCN2)cc2ccc(C#N)cc21. The minimum atomic E-state index is -0.337. The van der Waals surface area contributed by atoms with Crippen LogP contribution in [0.3, 0.4) is 0 Å². The van der Waals surface area contributed by atoms with Gasteiger partial charge in [0.2, 0.25) is 0 Å². The monoisotopic (exact) mass is 442 g/mol. The van der Waals surface area contributed by atoms with Gasteiger partial charge in [-0.2, -0.15) is 5.26 Å². The Morgan fingerprint density at radius 1 is 1.28 bits per heavy atom. The van der Waals surface area contributed by atoms with Crippen molar-refractivity contribution in [3.8, 4) is 6.07 Å². The quantitative estimate of drug-likeness (QED) is 0.455. The Hall–Kier alpha value is -3.14. The lowest BCUT2D eigenvalue weighted by Crippen LogP contribution is -2.42. The molecule has 6 heteroatoms. The van der Waals surface area contributed by atoms with Gasteiger partial charge < -0.3 is 15.6 Å². The van der Waals surface area contributed by atoms with E-state index in [9.17, 15) is 10.1 Å². The highest BCUT2D eigenvalue weighted by molar-refractivity contribution is 7.21. The number of nitrogens with two attached hydrogens (primary N) is 1. The number of amides is 1. The van der Waals surface area contributed by atoms with Crippen LogP contribution in [0.5, 0.6) is 0 Å². The van der Waals surface area contributed by atoms with Gasteiger partial charge in [0.1, 0.15) is 0 Å². The minimum absolute atomic E-state index is 0.0533. The molecule has 1 atom stereocenters. The molecule has 5 rings (SSSR count). The van der Waals surface area contributed by atoms with Gasteiger partial charge in [0.25, 0.3) is 5.91 Å². The highest BCUT2D eigenvalue weighted by Crippen LogP contribution is 2.37. The number of carbonyl (C=O) groups is 1.